The molecule has 3 aromatic rings. The van der Waals surface area contributed by atoms with Gasteiger partial charge in [0.1, 0.15) is 5.60 Å². The van der Waals surface area contributed by atoms with Gasteiger partial charge >= 0.3 is 0 Å². The van der Waals surface area contributed by atoms with Gasteiger partial charge in [-0.15, -0.1) is 0 Å². The molecule has 24 heavy (non-hydrogen) atoms. The van der Waals surface area contributed by atoms with E-state index in [4.69, 9.17) is 4.74 Å². The Morgan fingerprint density at radius 3 is 2.62 bits per heavy atom. The van der Waals surface area contributed by atoms with E-state index in [0.717, 1.165) is 17.1 Å². The molecule has 3 heteroatoms. The van der Waals surface area contributed by atoms with Crippen molar-refractivity contribution in [3.63, 3.8) is 0 Å². The lowest BCUT2D eigenvalue weighted by molar-refractivity contribution is 0.0989. The molecule has 1 unspecified atom stereocenters. The summed E-state index contributed by atoms with van der Waals surface area (Å²) in [6.45, 7) is 6.49. The molecule has 0 fully saturated rings. The number of pyridine rings is 2. The average molecular weight is 314 g/mol. The number of fused-ring (bicyclic) bond motifs is 7. The van der Waals surface area contributed by atoms with Crippen LogP contribution in [0.3, 0.4) is 0 Å². The second kappa shape index (κ2) is 4.44. The van der Waals surface area contributed by atoms with Gasteiger partial charge in [-0.3, -0.25) is 4.98 Å². The van der Waals surface area contributed by atoms with Gasteiger partial charge < -0.3 is 4.74 Å². The summed E-state index contributed by atoms with van der Waals surface area (Å²) in [6, 6.07) is 12.7. The minimum absolute atomic E-state index is 0.320. The van der Waals surface area contributed by atoms with E-state index in [0.29, 0.717) is 5.92 Å². The third-order valence-corrected chi connectivity index (χ3v) is 5.28. The number of ether oxygens (including phenoxy) is 1. The van der Waals surface area contributed by atoms with E-state index in [1.54, 1.807) is 6.20 Å². The van der Waals surface area contributed by atoms with Crippen molar-refractivity contribution in [3.05, 3.63) is 65.5 Å². The molecule has 0 saturated heterocycles. The van der Waals surface area contributed by atoms with Crippen LogP contribution in [-0.4, -0.2) is 9.97 Å². The van der Waals surface area contributed by atoms with Crippen molar-refractivity contribution in [2.45, 2.75) is 32.3 Å². The summed E-state index contributed by atoms with van der Waals surface area (Å²) in [5.74, 6) is 1.04. The van der Waals surface area contributed by atoms with Gasteiger partial charge in [0.05, 0.1) is 5.69 Å². The van der Waals surface area contributed by atoms with Crippen molar-refractivity contribution >= 4 is 0 Å². The topological polar surface area (TPSA) is 35.0 Å². The number of hydrogen-bond donors (Lipinski definition) is 0. The number of benzene rings is 1. The standard InChI is InChI=1S/C21H18N2O/c1-12-13-6-4-10-22-19(13)14-8-9-16-18(17(12)14)15-7-5-11-23-20(15)24-21(16,2)3/h4-12H,1-3H3. The van der Waals surface area contributed by atoms with E-state index in [-0.39, 0.29) is 0 Å². The molecular weight excluding hydrogens is 296 g/mol. The highest BCUT2D eigenvalue weighted by Crippen LogP contribution is 2.53. The Labute approximate surface area is 141 Å². The van der Waals surface area contributed by atoms with Gasteiger partial charge in [0.25, 0.3) is 0 Å². The predicted molar refractivity (Wildman–Crippen MR) is 94.1 cm³/mol. The third-order valence-electron chi connectivity index (χ3n) is 5.28. The van der Waals surface area contributed by atoms with Crippen molar-refractivity contribution in [3.8, 4) is 28.3 Å². The Morgan fingerprint density at radius 1 is 0.958 bits per heavy atom. The van der Waals surface area contributed by atoms with Crippen LogP contribution in [-0.2, 0) is 5.60 Å². The van der Waals surface area contributed by atoms with Crippen LogP contribution in [0.1, 0.15) is 43.4 Å². The fourth-order valence-electron chi connectivity index (χ4n) is 4.17. The van der Waals surface area contributed by atoms with Crippen LogP contribution < -0.4 is 4.74 Å². The summed E-state index contributed by atoms with van der Waals surface area (Å²) >= 11 is 0. The van der Waals surface area contributed by atoms with Gasteiger partial charge in [-0.25, -0.2) is 4.98 Å². The zero-order valence-electron chi connectivity index (χ0n) is 14.0. The lowest BCUT2D eigenvalue weighted by Crippen LogP contribution is -2.30. The molecule has 118 valence electrons. The Kier molecular flexibility index (Phi) is 2.54. The maximum Gasteiger partial charge on any atom is 0.222 e. The Hall–Kier alpha value is -2.68. The number of nitrogens with zero attached hydrogens (tertiary/aromatic N) is 2. The highest BCUT2D eigenvalue weighted by molar-refractivity contribution is 5.89. The molecule has 0 bridgehead atoms. The summed E-state index contributed by atoms with van der Waals surface area (Å²) < 4.78 is 6.19. The van der Waals surface area contributed by atoms with E-state index in [1.807, 2.05) is 18.3 Å². The molecule has 1 aliphatic carbocycles. The largest absolute Gasteiger partial charge is 0.466 e. The maximum absolute atomic E-state index is 6.19. The van der Waals surface area contributed by atoms with Crippen LogP contribution in [0.4, 0.5) is 0 Å². The molecule has 1 aromatic carbocycles. The van der Waals surface area contributed by atoms with Crippen molar-refractivity contribution in [2.75, 3.05) is 0 Å². The lowest BCUT2D eigenvalue weighted by atomic mass is 9.81. The van der Waals surface area contributed by atoms with E-state index in [1.165, 1.54) is 27.8 Å². The molecule has 3 nitrogen and oxygen atoms in total. The predicted octanol–water partition coefficient (Wildman–Crippen LogP) is 4.90. The molecular formula is C21H18N2O. The first-order valence-corrected chi connectivity index (χ1v) is 8.35. The van der Waals surface area contributed by atoms with Gasteiger partial charge in [-0.1, -0.05) is 25.1 Å². The van der Waals surface area contributed by atoms with Gasteiger partial charge in [0.2, 0.25) is 5.88 Å². The fourth-order valence-corrected chi connectivity index (χ4v) is 4.17. The molecule has 2 aliphatic rings. The minimum Gasteiger partial charge on any atom is -0.466 e. The first kappa shape index (κ1) is 13.7. The normalized spacial score (nSPS) is 18.9. The number of aromatic nitrogens is 2. The Bertz CT molecular complexity index is 991. The van der Waals surface area contributed by atoms with Crippen LogP contribution in [0.15, 0.2) is 48.8 Å². The second-order valence-corrected chi connectivity index (χ2v) is 7.08. The minimum atomic E-state index is -0.395. The SMILES string of the molecule is CC1c2cccnc2-c2ccc3c(c21)-c1cccnc1OC3(C)C. The average Bonchev–Trinajstić information content (AvgIpc) is 2.88. The monoisotopic (exact) mass is 314 g/mol. The Balaban J connectivity index is 1.90. The highest BCUT2D eigenvalue weighted by atomic mass is 16.5. The van der Waals surface area contributed by atoms with E-state index in [2.05, 4.69) is 55.0 Å². The molecule has 2 aromatic heterocycles. The third kappa shape index (κ3) is 1.62. The van der Waals surface area contributed by atoms with Crippen LogP contribution in [0.5, 0.6) is 5.88 Å². The molecule has 5 rings (SSSR count). The quantitative estimate of drug-likeness (QED) is 0.592. The summed E-state index contributed by atoms with van der Waals surface area (Å²) in [5.41, 5.74) is 8.19. The summed E-state index contributed by atoms with van der Waals surface area (Å²) in [7, 11) is 0. The van der Waals surface area contributed by atoms with Crippen molar-refractivity contribution < 1.29 is 4.74 Å². The van der Waals surface area contributed by atoms with E-state index >= 15 is 0 Å². The number of rotatable bonds is 0. The van der Waals surface area contributed by atoms with Crippen molar-refractivity contribution in [1.29, 1.82) is 0 Å². The molecule has 0 saturated carbocycles. The molecule has 0 radical (unpaired) electrons. The molecule has 0 amide bonds. The molecule has 1 aliphatic heterocycles. The second-order valence-electron chi connectivity index (χ2n) is 7.08. The number of hydrogen-bond acceptors (Lipinski definition) is 3. The zero-order chi connectivity index (χ0) is 16.5. The summed E-state index contributed by atoms with van der Waals surface area (Å²) in [5, 5.41) is 0. The van der Waals surface area contributed by atoms with Crippen LogP contribution >= 0.6 is 0 Å². The summed E-state index contributed by atoms with van der Waals surface area (Å²) in [4.78, 5) is 9.12. The first-order chi connectivity index (χ1) is 11.6. The fraction of sp³-hybridized carbons (Fsp3) is 0.238. The van der Waals surface area contributed by atoms with Crippen LogP contribution in [0, 0.1) is 0 Å². The summed E-state index contributed by atoms with van der Waals surface area (Å²) in [6.07, 6.45) is 3.67. The zero-order valence-corrected chi connectivity index (χ0v) is 14.0. The highest BCUT2D eigenvalue weighted by Gasteiger charge is 2.39. The van der Waals surface area contributed by atoms with E-state index in [9.17, 15) is 0 Å². The van der Waals surface area contributed by atoms with Crippen molar-refractivity contribution in [2.24, 2.45) is 0 Å². The first-order valence-electron chi connectivity index (χ1n) is 8.35. The van der Waals surface area contributed by atoms with E-state index < -0.39 is 5.60 Å². The van der Waals surface area contributed by atoms with Gasteiger partial charge in [-0.2, -0.15) is 0 Å². The van der Waals surface area contributed by atoms with Gasteiger partial charge in [0, 0.05) is 35.0 Å². The Morgan fingerprint density at radius 2 is 1.75 bits per heavy atom. The van der Waals surface area contributed by atoms with Gasteiger partial charge in [-0.05, 0) is 48.7 Å². The molecule has 1 atom stereocenters. The maximum atomic E-state index is 6.19. The van der Waals surface area contributed by atoms with Crippen molar-refractivity contribution in [1.82, 2.24) is 9.97 Å². The lowest BCUT2D eigenvalue weighted by Gasteiger charge is -2.35. The molecule has 0 N–H and O–H groups in total. The van der Waals surface area contributed by atoms with Gasteiger partial charge in [0.15, 0.2) is 0 Å². The van der Waals surface area contributed by atoms with Crippen LogP contribution in [0.2, 0.25) is 0 Å². The molecule has 3 heterocycles. The molecule has 0 spiro atoms. The smallest absolute Gasteiger partial charge is 0.222 e. The van der Waals surface area contributed by atoms with Crippen LogP contribution in [0.25, 0.3) is 22.4 Å².